The molecule has 2 amide bonds. The van der Waals surface area contributed by atoms with Crippen molar-refractivity contribution < 1.29 is 9.59 Å². The van der Waals surface area contributed by atoms with E-state index in [1.165, 1.54) is 4.90 Å². The molecule has 0 saturated heterocycles. The number of para-hydroxylation sites is 1. The standard InChI is InChI=1S/C44H36N2O2/c1-25(2)30-9-7-10-31(26(3)4)42(30)46-43(47)37-23-21-35-33-12-8-11-32-28(16-13-27-14-18-29(19-15-27)45(5)6)17-20-34(39(32)33)36-22-24-38(44(46)48)41(37)40(35)36/h7-12,14-15,17-26H,1-6H3. The van der Waals surface area contributed by atoms with Gasteiger partial charge in [-0.15, -0.1) is 0 Å². The summed E-state index contributed by atoms with van der Waals surface area (Å²) >= 11 is 0. The van der Waals surface area contributed by atoms with Crippen molar-refractivity contribution in [2.75, 3.05) is 23.9 Å². The van der Waals surface area contributed by atoms with Crippen LogP contribution in [0.5, 0.6) is 0 Å². The fourth-order valence-corrected chi connectivity index (χ4v) is 7.55. The number of hydrogen-bond donors (Lipinski definition) is 0. The van der Waals surface area contributed by atoms with Gasteiger partial charge in [0.25, 0.3) is 11.8 Å². The van der Waals surface area contributed by atoms with E-state index in [4.69, 9.17) is 0 Å². The topological polar surface area (TPSA) is 40.6 Å². The van der Waals surface area contributed by atoms with Gasteiger partial charge in [-0.05, 0) is 103 Å². The Kier molecular flexibility index (Phi) is 6.79. The molecule has 0 radical (unpaired) electrons. The third-order valence-corrected chi connectivity index (χ3v) is 9.94. The predicted octanol–water partition coefficient (Wildman–Crippen LogP) is 10.3. The van der Waals surface area contributed by atoms with Crippen LogP contribution in [0, 0.1) is 11.8 Å². The van der Waals surface area contributed by atoms with Crippen molar-refractivity contribution in [3.63, 3.8) is 0 Å². The summed E-state index contributed by atoms with van der Waals surface area (Å²) in [4.78, 5) is 32.5. The zero-order chi connectivity index (χ0) is 33.4. The fraction of sp³-hybridized carbons (Fsp3) is 0.182. The maximum atomic E-state index is 14.5. The van der Waals surface area contributed by atoms with E-state index in [9.17, 15) is 9.59 Å². The molecule has 0 unspecified atom stereocenters. The van der Waals surface area contributed by atoms with Crippen LogP contribution in [-0.2, 0) is 0 Å². The number of amides is 2. The Morgan fingerprint density at radius 1 is 0.542 bits per heavy atom. The zero-order valence-corrected chi connectivity index (χ0v) is 28.1. The van der Waals surface area contributed by atoms with E-state index in [0.717, 1.165) is 76.7 Å². The Morgan fingerprint density at radius 3 is 1.65 bits per heavy atom. The fourth-order valence-electron chi connectivity index (χ4n) is 7.55. The molecule has 234 valence electrons. The van der Waals surface area contributed by atoms with Gasteiger partial charge in [-0.25, -0.2) is 4.90 Å². The molecule has 7 aromatic carbocycles. The number of anilines is 2. The first-order chi connectivity index (χ1) is 23.2. The minimum absolute atomic E-state index is 0.145. The lowest BCUT2D eigenvalue weighted by molar-refractivity contribution is 0.0893. The Bertz CT molecular complexity index is 2430. The summed E-state index contributed by atoms with van der Waals surface area (Å²) in [7, 11) is 4.06. The summed E-state index contributed by atoms with van der Waals surface area (Å²) in [5.74, 6) is 6.56. The molecule has 0 N–H and O–H groups in total. The van der Waals surface area contributed by atoms with Crippen LogP contribution in [0.3, 0.4) is 0 Å². The number of hydrogen-bond acceptors (Lipinski definition) is 3. The summed E-state index contributed by atoms with van der Waals surface area (Å²) in [5.41, 5.74) is 6.93. The van der Waals surface area contributed by atoms with E-state index >= 15 is 0 Å². The number of fused-ring (bicyclic) bond motifs is 2. The van der Waals surface area contributed by atoms with Crippen molar-refractivity contribution in [3.05, 3.63) is 130 Å². The van der Waals surface area contributed by atoms with Crippen molar-refractivity contribution in [3.8, 4) is 11.8 Å². The van der Waals surface area contributed by atoms with Gasteiger partial charge in [0.2, 0.25) is 0 Å². The van der Waals surface area contributed by atoms with E-state index in [-0.39, 0.29) is 23.7 Å². The summed E-state index contributed by atoms with van der Waals surface area (Å²) in [6, 6.07) is 33.0. The first kappa shape index (κ1) is 29.7. The van der Waals surface area contributed by atoms with Crippen molar-refractivity contribution in [2.45, 2.75) is 39.5 Å². The molecule has 0 saturated carbocycles. The van der Waals surface area contributed by atoms with E-state index in [0.29, 0.717) is 11.1 Å². The lowest BCUT2D eigenvalue weighted by atomic mass is 9.83. The van der Waals surface area contributed by atoms with Crippen molar-refractivity contribution >= 4 is 66.3 Å². The van der Waals surface area contributed by atoms with Gasteiger partial charge < -0.3 is 4.90 Å². The maximum Gasteiger partial charge on any atom is 0.266 e. The van der Waals surface area contributed by atoms with Crippen molar-refractivity contribution in [1.82, 2.24) is 0 Å². The number of imide groups is 1. The molecule has 48 heavy (non-hydrogen) atoms. The first-order valence-corrected chi connectivity index (χ1v) is 16.6. The van der Waals surface area contributed by atoms with Crippen LogP contribution in [0.25, 0.3) is 43.1 Å². The minimum atomic E-state index is -0.264. The molecule has 8 rings (SSSR count). The highest BCUT2D eigenvalue weighted by molar-refractivity contribution is 6.42. The Labute approximate surface area is 280 Å². The van der Waals surface area contributed by atoms with Gasteiger partial charge in [0, 0.05) is 47.4 Å². The van der Waals surface area contributed by atoms with Gasteiger partial charge in [0.1, 0.15) is 0 Å². The Morgan fingerprint density at radius 2 is 1.06 bits per heavy atom. The molecule has 0 bridgehead atoms. The second-order valence-electron chi connectivity index (χ2n) is 13.7. The summed E-state index contributed by atoms with van der Waals surface area (Å²) in [6.45, 7) is 8.44. The SMILES string of the molecule is CC(C)c1cccc(C(C)C)c1N1C(=O)c2ccc3c4cccc5c(C#Cc6ccc(N(C)C)cc6)ccc(c6ccc(c2c36)C1=O)c54. The molecule has 0 aliphatic carbocycles. The third kappa shape index (κ3) is 4.31. The summed E-state index contributed by atoms with van der Waals surface area (Å²) in [6.07, 6.45) is 0. The molecule has 0 aromatic heterocycles. The van der Waals surface area contributed by atoms with Gasteiger partial charge in [-0.2, -0.15) is 0 Å². The largest absolute Gasteiger partial charge is 0.378 e. The highest BCUT2D eigenvalue weighted by atomic mass is 16.2. The van der Waals surface area contributed by atoms with Crippen molar-refractivity contribution in [1.29, 1.82) is 0 Å². The molecular formula is C44H36N2O2. The number of benzene rings is 7. The Hall–Kier alpha value is -5.66. The number of carbonyl (C=O) groups is 2. The molecule has 1 heterocycles. The minimum Gasteiger partial charge on any atom is -0.378 e. The van der Waals surface area contributed by atoms with Crippen LogP contribution in [-0.4, -0.2) is 25.9 Å². The van der Waals surface area contributed by atoms with Crippen LogP contribution in [0.2, 0.25) is 0 Å². The van der Waals surface area contributed by atoms with Crippen LogP contribution >= 0.6 is 0 Å². The molecule has 0 fully saturated rings. The van der Waals surface area contributed by atoms with Gasteiger partial charge in [0.05, 0.1) is 5.69 Å². The average molecular weight is 625 g/mol. The molecule has 1 aliphatic heterocycles. The summed E-state index contributed by atoms with van der Waals surface area (Å²) in [5, 5.41) is 8.20. The van der Waals surface area contributed by atoms with E-state index in [1.807, 2.05) is 44.4 Å². The van der Waals surface area contributed by atoms with E-state index < -0.39 is 0 Å². The number of nitrogens with zero attached hydrogens (tertiary/aromatic N) is 2. The Balaban J connectivity index is 1.33. The van der Waals surface area contributed by atoms with Crippen LogP contribution < -0.4 is 9.80 Å². The molecular weight excluding hydrogens is 588 g/mol. The molecule has 4 nitrogen and oxygen atoms in total. The molecule has 4 heteroatoms. The molecule has 7 aromatic rings. The molecule has 0 spiro atoms. The molecule has 1 aliphatic rings. The van der Waals surface area contributed by atoms with Crippen LogP contribution in [0.15, 0.2) is 97.1 Å². The second-order valence-corrected chi connectivity index (χ2v) is 13.7. The smallest absolute Gasteiger partial charge is 0.266 e. The van der Waals surface area contributed by atoms with Gasteiger partial charge >= 0.3 is 0 Å². The summed E-state index contributed by atoms with van der Waals surface area (Å²) < 4.78 is 0. The number of carbonyl (C=O) groups excluding carboxylic acids is 2. The van der Waals surface area contributed by atoms with E-state index in [1.54, 1.807) is 0 Å². The van der Waals surface area contributed by atoms with Gasteiger partial charge in [-0.3, -0.25) is 9.59 Å². The molecule has 0 atom stereocenters. The lowest BCUT2D eigenvalue weighted by Gasteiger charge is -2.32. The van der Waals surface area contributed by atoms with Gasteiger partial charge in [0.15, 0.2) is 0 Å². The number of rotatable bonds is 4. The lowest BCUT2D eigenvalue weighted by Crippen LogP contribution is -2.41. The average Bonchev–Trinajstić information content (AvgIpc) is 3.09. The third-order valence-electron chi connectivity index (χ3n) is 9.94. The predicted molar refractivity (Wildman–Crippen MR) is 200 cm³/mol. The van der Waals surface area contributed by atoms with Gasteiger partial charge in [-0.1, -0.05) is 94.1 Å². The van der Waals surface area contributed by atoms with E-state index in [2.05, 4.69) is 111 Å². The first-order valence-electron chi connectivity index (χ1n) is 16.6. The highest BCUT2D eigenvalue weighted by Gasteiger charge is 2.38. The quantitative estimate of drug-likeness (QED) is 0.0847. The second kappa shape index (κ2) is 11.0. The van der Waals surface area contributed by atoms with Crippen LogP contribution in [0.4, 0.5) is 11.4 Å². The monoisotopic (exact) mass is 624 g/mol. The van der Waals surface area contributed by atoms with Crippen LogP contribution in [0.1, 0.15) is 82.5 Å². The zero-order valence-electron chi connectivity index (χ0n) is 28.1. The maximum absolute atomic E-state index is 14.5. The normalized spacial score (nSPS) is 13.0. The van der Waals surface area contributed by atoms with Crippen molar-refractivity contribution in [2.24, 2.45) is 0 Å². The highest BCUT2D eigenvalue weighted by Crippen LogP contribution is 2.46.